The van der Waals surface area contributed by atoms with Crippen LogP contribution >= 0.6 is 0 Å². The van der Waals surface area contributed by atoms with Crippen molar-refractivity contribution in [1.82, 2.24) is 5.32 Å². The smallest absolute Gasteiger partial charge is 0.223 e. The minimum absolute atomic E-state index is 0.0471. The van der Waals surface area contributed by atoms with Crippen molar-refractivity contribution in [2.45, 2.75) is 19.9 Å². The van der Waals surface area contributed by atoms with Gasteiger partial charge >= 0.3 is 0 Å². The third-order valence-corrected chi connectivity index (χ3v) is 3.82. The molecule has 1 N–H and O–H groups in total. The minimum Gasteiger partial charge on any atom is -0.493 e. The summed E-state index contributed by atoms with van der Waals surface area (Å²) >= 11 is 0. The summed E-state index contributed by atoms with van der Waals surface area (Å²) in [6.07, 6.45) is 0.593. The molecule has 0 aliphatic carbocycles. The molecule has 1 amide bonds. The van der Waals surface area contributed by atoms with E-state index in [0.29, 0.717) is 24.5 Å². The highest BCUT2D eigenvalue weighted by molar-refractivity contribution is 5.78. The zero-order valence-corrected chi connectivity index (χ0v) is 14.1. The lowest BCUT2D eigenvalue weighted by molar-refractivity contribution is -0.124. The molecule has 2 rings (SSSR count). The van der Waals surface area contributed by atoms with Gasteiger partial charge in [0.15, 0.2) is 11.5 Å². The fraction of sp³-hybridized carbons (Fsp3) is 0.316. The van der Waals surface area contributed by atoms with E-state index >= 15 is 0 Å². The van der Waals surface area contributed by atoms with E-state index in [4.69, 9.17) is 9.47 Å². The molecule has 0 saturated heterocycles. The zero-order chi connectivity index (χ0) is 17.5. The van der Waals surface area contributed by atoms with Crippen LogP contribution in [0.4, 0.5) is 4.39 Å². The van der Waals surface area contributed by atoms with Gasteiger partial charge in [0.25, 0.3) is 0 Å². The van der Waals surface area contributed by atoms with E-state index in [2.05, 4.69) is 5.32 Å². The molecule has 24 heavy (non-hydrogen) atoms. The van der Waals surface area contributed by atoms with E-state index in [0.717, 1.165) is 11.1 Å². The molecule has 1 atom stereocenters. The zero-order valence-electron chi connectivity index (χ0n) is 14.1. The Balaban J connectivity index is 1.92. The third-order valence-electron chi connectivity index (χ3n) is 3.82. The van der Waals surface area contributed by atoms with Crippen LogP contribution in [-0.4, -0.2) is 20.1 Å². The summed E-state index contributed by atoms with van der Waals surface area (Å²) in [6.45, 7) is 2.26. The number of hydrogen-bond acceptors (Lipinski definition) is 3. The van der Waals surface area contributed by atoms with Crippen molar-refractivity contribution in [3.63, 3.8) is 0 Å². The van der Waals surface area contributed by atoms with E-state index < -0.39 is 0 Å². The lowest BCUT2D eigenvalue weighted by Crippen LogP contribution is -2.29. The largest absolute Gasteiger partial charge is 0.493 e. The van der Waals surface area contributed by atoms with Crippen LogP contribution < -0.4 is 14.8 Å². The number of carbonyl (C=O) groups is 1. The van der Waals surface area contributed by atoms with Crippen LogP contribution in [0.3, 0.4) is 0 Å². The number of hydrogen-bond donors (Lipinski definition) is 1. The number of rotatable bonds is 7. The van der Waals surface area contributed by atoms with Crippen molar-refractivity contribution in [1.29, 1.82) is 0 Å². The van der Waals surface area contributed by atoms with Gasteiger partial charge in [-0.2, -0.15) is 0 Å². The molecule has 2 aromatic carbocycles. The van der Waals surface area contributed by atoms with Crippen LogP contribution in [0.1, 0.15) is 18.1 Å². The molecule has 0 spiro atoms. The van der Waals surface area contributed by atoms with Crippen LogP contribution in [0.5, 0.6) is 11.5 Å². The predicted octanol–water partition coefficient (Wildman–Crippen LogP) is 3.34. The standard InChI is InChI=1S/C19H22FNO3/c1-13(10-15-6-9-17(23-2)18(11-15)24-3)19(22)21-12-14-4-7-16(20)8-5-14/h4-9,11,13H,10,12H2,1-3H3,(H,21,22). The van der Waals surface area contributed by atoms with Gasteiger partial charge in [0.2, 0.25) is 5.91 Å². The number of nitrogens with one attached hydrogen (secondary N) is 1. The van der Waals surface area contributed by atoms with Gasteiger partial charge in [0.05, 0.1) is 14.2 Å². The molecule has 128 valence electrons. The van der Waals surface area contributed by atoms with Crippen LogP contribution in [-0.2, 0) is 17.8 Å². The first-order chi connectivity index (χ1) is 11.5. The summed E-state index contributed by atoms with van der Waals surface area (Å²) in [5.74, 6) is 0.785. The maximum Gasteiger partial charge on any atom is 0.223 e. The van der Waals surface area contributed by atoms with Crippen LogP contribution in [0.25, 0.3) is 0 Å². The van der Waals surface area contributed by atoms with Crippen molar-refractivity contribution < 1.29 is 18.7 Å². The van der Waals surface area contributed by atoms with Gasteiger partial charge < -0.3 is 14.8 Å². The second-order valence-corrected chi connectivity index (χ2v) is 5.64. The number of methoxy groups -OCH3 is 2. The highest BCUT2D eigenvalue weighted by Gasteiger charge is 2.14. The van der Waals surface area contributed by atoms with Crippen molar-refractivity contribution in [3.05, 3.63) is 59.4 Å². The maximum absolute atomic E-state index is 12.9. The van der Waals surface area contributed by atoms with Gasteiger partial charge in [-0.3, -0.25) is 4.79 Å². The molecule has 1 unspecified atom stereocenters. The highest BCUT2D eigenvalue weighted by atomic mass is 19.1. The molecule has 0 saturated carbocycles. The molecule has 0 bridgehead atoms. The molecule has 0 aliphatic heterocycles. The van der Waals surface area contributed by atoms with Gasteiger partial charge in [-0.05, 0) is 41.8 Å². The highest BCUT2D eigenvalue weighted by Crippen LogP contribution is 2.28. The van der Waals surface area contributed by atoms with Gasteiger partial charge in [0, 0.05) is 12.5 Å². The number of carbonyl (C=O) groups excluding carboxylic acids is 1. The first kappa shape index (κ1) is 17.8. The molecule has 0 heterocycles. The fourth-order valence-corrected chi connectivity index (χ4v) is 2.42. The Bertz CT molecular complexity index is 686. The number of halogens is 1. The van der Waals surface area contributed by atoms with Crippen LogP contribution in [0.2, 0.25) is 0 Å². The molecular formula is C19H22FNO3. The summed E-state index contributed by atoms with van der Waals surface area (Å²) in [5.41, 5.74) is 1.86. The quantitative estimate of drug-likeness (QED) is 0.846. The molecule has 0 fully saturated rings. The second-order valence-electron chi connectivity index (χ2n) is 5.64. The Morgan fingerprint density at radius 2 is 1.67 bits per heavy atom. The minimum atomic E-state index is -0.285. The van der Waals surface area contributed by atoms with Gasteiger partial charge in [-0.25, -0.2) is 4.39 Å². The Morgan fingerprint density at radius 1 is 1.04 bits per heavy atom. The molecule has 2 aromatic rings. The van der Waals surface area contributed by atoms with Gasteiger partial charge in [-0.15, -0.1) is 0 Å². The summed E-state index contributed by atoms with van der Waals surface area (Å²) in [7, 11) is 3.17. The number of benzene rings is 2. The van der Waals surface area contributed by atoms with Crippen molar-refractivity contribution >= 4 is 5.91 Å². The Kier molecular flexibility index (Phi) is 6.18. The normalized spacial score (nSPS) is 11.7. The first-order valence-corrected chi connectivity index (χ1v) is 7.76. The Morgan fingerprint density at radius 3 is 2.29 bits per heavy atom. The molecule has 0 aromatic heterocycles. The summed E-state index contributed by atoms with van der Waals surface area (Å²) < 4.78 is 23.4. The molecule has 5 heteroatoms. The molecule has 4 nitrogen and oxygen atoms in total. The average molecular weight is 331 g/mol. The monoisotopic (exact) mass is 331 g/mol. The van der Waals surface area contributed by atoms with E-state index in [1.165, 1.54) is 12.1 Å². The summed E-state index contributed by atoms with van der Waals surface area (Å²) in [5, 5.41) is 2.87. The SMILES string of the molecule is COc1ccc(CC(C)C(=O)NCc2ccc(F)cc2)cc1OC. The first-order valence-electron chi connectivity index (χ1n) is 7.76. The fourth-order valence-electron chi connectivity index (χ4n) is 2.42. The lowest BCUT2D eigenvalue weighted by Gasteiger charge is -2.14. The van der Waals surface area contributed by atoms with Crippen molar-refractivity contribution in [2.24, 2.45) is 5.92 Å². The third kappa shape index (κ3) is 4.72. The van der Waals surface area contributed by atoms with Gasteiger partial charge in [-0.1, -0.05) is 25.1 Å². The number of ether oxygens (including phenoxy) is 2. The van der Waals surface area contributed by atoms with E-state index in [1.807, 2.05) is 25.1 Å². The summed E-state index contributed by atoms with van der Waals surface area (Å²) in [6, 6.07) is 11.7. The van der Waals surface area contributed by atoms with Crippen LogP contribution in [0.15, 0.2) is 42.5 Å². The maximum atomic E-state index is 12.9. The average Bonchev–Trinajstić information content (AvgIpc) is 2.60. The van der Waals surface area contributed by atoms with E-state index in [9.17, 15) is 9.18 Å². The predicted molar refractivity (Wildman–Crippen MR) is 90.7 cm³/mol. The lowest BCUT2D eigenvalue weighted by atomic mass is 10.00. The second kappa shape index (κ2) is 8.34. The summed E-state index contributed by atoms with van der Waals surface area (Å²) in [4.78, 5) is 12.2. The van der Waals surface area contributed by atoms with E-state index in [-0.39, 0.29) is 17.6 Å². The van der Waals surface area contributed by atoms with Gasteiger partial charge in [0.1, 0.15) is 5.82 Å². The molecular weight excluding hydrogens is 309 g/mol. The van der Waals surface area contributed by atoms with Crippen LogP contribution in [0, 0.1) is 11.7 Å². The number of amides is 1. The topological polar surface area (TPSA) is 47.6 Å². The Labute approximate surface area is 141 Å². The molecule has 0 aliphatic rings. The van der Waals surface area contributed by atoms with Crippen molar-refractivity contribution in [2.75, 3.05) is 14.2 Å². The van der Waals surface area contributed by atoms with Crippen molar-refractivity contribution in [3.8, 4) is 11.5 Å². The molecule has 0 radical (unpaired) electrons. The Hall–Kier alpha value is -2.56. The van der Waals surface area contributed by atoms with E-state index in [1.54, 1.807) is 26.4 Å².